The number of aromatic nitrogens is 1. The number of amides is 2. The molecule has 0 saturated carbocycles. The topological polar surface area (TPSA) is 57.5 Å². The van der Waals surface area contributed by atoms with E-state index in [2.05, 4.69) is 5.32 Å². The summed E-state index contributed by atoms with van der Waals surface area (Å²) in [7, 11) is 1.80. The van der Waals surface area contributed by atoms with Crippen LogP contribution in [-0.2, 0) is 13.6 Å². The first-order valence-electron chi connectivity index (χ1n) is 6.16. The summed E-state index contributed by atoms with van der Waals surface area (Å²) in [6.45, 7) is 1.80. The fraction of sp³-hybridized carbons (Fsp3) is 0.583. The maximum absolute atomic E-state index is 11.9. The highest BCUT2D eigenvalue weighted by molar-refractivity contribution is 6.41. The molecule has 1 aliphatic heterocycles. The number of urea groups is 1. The molecule has 1 aromatic rings. The lowest BCUT2D eigenvalue weighted by Gasteiger charge is -2.17. The number of halogens is 2. The van der Waals surface area contributed by atoms with E-state index in [1.807, 2.05) is 0 Å². The standard InChI is InChI=1S/C12H17Cl2N3O2/c1-16-9(4-10(13)11(16)14)5-15-12(19)17-3-2-8(6-17)7-18/h4,8,18H,2-3,5-7H2,1H3,(H,15,19). The number of hydrogen-bond acceptors (Lipinski definition) is 2. The van der Waals surface area contributed by atoms with Gasteiger partial charge in [0.25, 0.3) is 0 Å². The summed E-state index contributed by atoms with van der Waals surface area (Å²) in [6.07, 6.45) is 0.853. The molecule has 2 amide bonds. The summed E-state index contributed by atoms with van der Waals surface area (Å²) >= 11 is 11.9. The lowest BCUT2D eigenvalue weighted by Crippen LogP contribution is -2.38. The molecule has 1 aliphatic rings. The van der Waals surface area contributed by atoms with Gasteiger partial charge in [-0.1, -0.05) is 23.2 Å². The highest BCUT2D eigenvalue weighted by Crippen LogP contribution is 2.25. The van der Waals surface area contributed by atoms with Gasteiger partial charge in [-0.15, -0.1) is 0 Å². The van der Waals surface area contributed by atoms with Gasteiger partial charge < -0.3 is 19.9 Å². The van der Waals surface area contributed by atoms with Gasteiger partial charge >= 0.3 is 6.03 Å². The van der Waals surface area contributed by atoms with Crippen molar-refractivity contribution in [3.05, 3.63) is 21.9 Å². The van der Waals surface area contributed by atoms with Gasteiger partial charge in [0.05, 0.1) is 11.6 Å². The Morgan fingerprint density at radius 3 is 2.84 bits per heavy atom. The summed E-state index contributed by atoms with van der Waals surface area (Å²) in [6, 6.07) is 1.62. The third-order valence-electron chi connectivity index (χ3n) is 3.47. The molecule has 2 N–H and O–H groups in total. The van der Waals surface area contributed by atoms with Gasteiger partial charge in [0.2, 0.25) is 0 Å². The highest BCUT2D eigenvalue weighted by atomic mass is 35.5. The van der Waals surface area contributed by atoms with E-state index in [1.54, 1.807) is 22.6 Å². The van der Waals surface area contributed by atoms with Crippen molar-refractivity contribution in [2.75, 3.05) is 19.7 Å². The Balaban J connectivity index is 1.88. The fourth-order valence-corrected chi connectivity index (χ4v) is 2.62. The maximum Gasteiger partial charge on any atom is 0.317 e. The van der Waals surface area contributed by atoms with Crippen molar-refractivity contribution in [2.45, 2.75) is 13.0 Å². The Bertz CT molecular complexity index is 476. The SMILES string of the molecule is Cn1c(CNC(=O)N2CCC(CO)C2)cc(Cl)c1Cl. The summed E-state index contributed by atoms with van der Waals surface area (Å²) in [4.78, 5) is 13.7. The van der Waals surface area contributed by atoms with E-state index < -0.39 is 0 Å². The Kier molecular flexibility index (Phi) is 4.60. The normalized spacial score (nSPS) is 18.9. The Labute approximate surface area is 122 Å². The van der Waals surface area contributed by atoms with Crippen LogP contribution in [0.1, 0.15) is 12.1 Å². The molecule has 1 aromatic heterocycles. The predicted octanol–water partition coefficient (Wildman–Crippen LogP) is 1.86. The number of carbonyl (C=O) groups is 1. The van der Waals surface area contributed by atoms with Crippen LogP contribution in [0.5, 0.6) is 0 Å². The van der Waals surface area contributed by atoms with Crippen molar-refractivity contribution in [3.8, 4) is 0 Å². The van der Waals surface area contributed by atoms with Crippen LogP contribution in [0.4, 0.5) is 4.79 Å². The largest absolute Gasteiger partial charge is 0.396 e. The average molecular weight is 306 g/mol. The number of nitrogens with zero attached hydrogens (tertiary/aromatic N) is 2. The molecule has 19 heavy (non-hydrogen) atoms. The second kappa shape index (κ2) is 6.03. The van der Waals surface area contributed by atoms with Gasteiger partial charge in [0, 0.05) is 38.4 Å². The summed E-state index contributed by atoms with van der Waals surface area (Å²) < 4.78 is 1.74. The minimum atomic E-state index is -0.121. The van der Waals surface area contributed by atoms with Gasteiger partial charge in [0.15, 0.2) is 0 Å². The zero-order chi connectivity index (χ0) is 14.0. The number of carbonyl (C=O) groups excluding carboxylic acids is 1. The number of hydrogen-bond donors (Lipinski definition) is 2. The minimum Gasteiger partial charge on any atom is -0.396 e. The molecule has 0 bridgehead atoms. The van der Waals surface area contributed by atoms with E-state index in [1.165, 1.54) is 0 Å². The zero-order valence-corrected chi connectivity index (χ0v) is 12.2. The van der Waals surface area contributed by atoms with Gasteiger partial charge in [0.1, 0.15) is 5.15 Å². The summed E-state index contributed by atoms with van der Waals surface area (Å²) in [5, 5.41) is 12.8. The number of nitrogens with one attached hydrogen (secondary N) is 1. The molecule has 5 nitrogen and oxygen atoms in total. The number of likely N-dealkylation sites (tertiary alicyclic amines) is 1. The third-order valence-corrected chi connectivity index (χ3v) is 4.31. The molecule has 0 spiro atoms. The van der Waals surface area contributed by atoms with Gasteiger partial charge in [-0.25, -0.2) is 4.79 Å². The molecule has 1 unspecified atom stereocenters. The smallest absolute Gasteiger partial charge is 0.317 e. The second-order valence-corrected chi connectivity index (χ2v) is 5.54. The van der Waals surface area contributed by atoms with Crippen LogP contribution >= 0.6 is 23.2 Å². The predicted molar refractivity (Wildman–Crippen MR) is 74.4 cm³/mol. The number of aliphatic hydroxyl groups is 1. The quantitative estimate of drug-likeness (QED) is 0.895. The van der Waals surface area contributed by atoms with E-state index in [0.717, 1.165) is 12.1 Å². The summed E-state index contributed by atoms with van der Waals surface area (Å²) in [5.41, 5.74) is 0.848. The van der Waals surface area contributed by atoms with Crippen LogP contribution in [0.25, 0.3) is 0 Å². The lowest BCUT2D eigenvalue weighted by atomic mass is 10.1. The monoisotopic (exact) mass is 305 g/mol. The first-order valence-corrected chi connectivity index (χ1v) is 6.91. The Morgan fingerprint density at radius 1 is 1.58 bits per heavy atom. The second-order valence-electron chi connectivity index (χ2n) is 4.78. The lowest BCUT2D eigenvalue weighted by molar-refractivity contribution is 0.198. The zero-order valence-electron chi connectivity index (χ0n) is 10.7. The van der Waals surface area contributed by atoms with Crippen LogP contribution in [0.2, 0.25) is 10.2 Å². The molecule has 0 aliphatic carbocycles. The molecule has 7 heteroatoms. The van der Waals surface area contributed by atoms with Gasteiger partial charge in [-0.2, -0.15) is 0 Å². The first kappa shape index (κ1) is 14.5. The van der Waals surface area contributed by atoms with E-state index >= 15 is 0 Å². The fourth-order valence-electron chi connectivity index (χ4n) is 2.20. The minimum absolute atomic E-state index is 0.121. The Hall–Kier alpha value is -0.910. The molecule has 0 radical (unpaired) electrons. The molecule has 1 atom stereocenters. The maximum atomic E-state index is 11.9. The number of rotatable bonds is 3. The molecular formula is C12H17Cl2N3O2. The molecule has 1 fully saturated rings. The van der Waals surface area contributed by atoms with Crippen LogP contribution < -0.4 is 5.32 Å². The third kappa shape index (κ3) is 3.16. The van der Waals surface area contributed by atoms with Crippen molar-refractivity contribution >= 4 is 29.2 Å². The molecule has 1 saturated heterocycles. The van der Waals surface area contributed by atoms with Crippen molar-refractivity contribution in [2.24, 2.45) is 13.0 Å². The van der Waals surface area contributed by atoms with Gasteiger partial charge in [-0.3, -0.25) is 0 Å². The van der Waals surface area contributed by atoms with Crippen LogP contribution in [0, 0.1) is 5.92 Å². The van der Waals surface area contributed by atoms with Crippen molar-refractivity contribution in [3.63, 3.8) is 0 Å². The molecule has 0 aromatic carbocycles. The molecule has 2 rings (SSSR count). The van der Waals surface area contributed by atoms with Crippen LogP contribution in [-0.4, -0.2) is 40.3 Å². The van der Waals surface area contributed by atoms with Gasteiger partial charge in [-0.05, 0) is 12.5 Å². The van der Waals surface area contributed by atoms with E-state index in [4.69, 9.17) is 28.3 Å². The van der Waals surface area contributed by atoms with Crippen molar-refractivity contribution in [1.82, 2.24) is 14.8 Å². The van der Waals surface area contributed by atoms with Crippen LogP contribution in [0.3, 0.4) is 0 Å². The summed E-state index contributed by atoms with van der Waals surface area (Å²) in [5.74, 6) is 0.199. The molecule has 2 heterocycles. The average Bonchev–Trinajstić information content (AvgIpc) is 2.97. The first-order chi connectivity index (χ1) is 9.02. The van der Waals surface area contributed by atoms with E-state index in [0.29, 0.717) is 29.8 Å². The van der Waals surface area contributed by atoms with Crippen molar-refractivity contribution < 1.29 is 9.90 Å². The molecular weight excluding hydrogens is 289 g/mol. The van der Waals surface area contributed by atoms with E-state index in [9.17, 15) is 4.79 Å². The van der Waals surface area contributed by atoms with E-state index in [-0.39, 0.29) is 18.6 Å². The van der Waals surface area contributed by atoms with Crippen LogP contribution in [0.15, 0.2) is 6.07 Å². The Morgan fingerprint density at radius 2 is 2.32 bits per heavy atom. The highest BCUT2D eigenvalue weighted by Gasteiger charge is 2.25. The van der Waals surface area contributed by atoms with Crippen molar-refractivity contribution in [1.29, 1.82) is 0 Å². The number of aliphatic hydroxyl groups excluding tert-OH is 1. The molecule has 106 valence electrons.